The maximum atomic E-state index is 13.9. The van der Waals surface area contributed by atoms with Crippen LogP contribution >= 0.6 is 11.6 Å². The number of rotatable bonds is 2. The third kappa shape index (κ3) is 2.43. The van der Waals surface area contributed by atoms with Crippen LogP contribution in [-0.2, 0) is 0 Å². The minimum absolute atomic E-state index is 0.163. The molecule has 0 aromatic heterocycles. The summed E-state index contributed by atoms with van der Waals surface area (Å²) in [6.07, 6.45) is 0.264. The molecule has 20 heavy (non-hydrogen) atoms. The average Bonchev–Trinajstić information content (AvgIpc) is 2.34. The fraction of sp³-hybridized carbons (Fsp3) is 0.286. The van der Waals surface area contributed by atoms with Gasteiger partial charge in [0.1, 0.15) is 17.5 Å². The van der Waals surface area contributed by atoms with Crippen LogP contribution in [0.1, 0.15) is 19.4 Å². The van der Waals surface area contributed by atoms with Crippen molar-refractivity contribution in [1.29, 1.82) is 0 Å². The van der Waals surface area contributed by atoms with E-state index in [1.54, 1.807) is 13.8 Å². The molecule has 0 bridgehead atoms. The average molecular weight is 304 g/mol. The molecule has 0 saturated carbocycles. The van der Waals surface area contributed by atoms with E-state index in [9.17, 15) is 18.3 Å². The molecule has 1 unspecified atom stereocenters. The van der Waals surface area contributed by atoms with Crippen LogP contribution < -0.4 is 0 Å². The molecule has 0 saturated heterocycles. The second-order valence-electron chi connectivity index (χ2n) is 4.46. The fourth-order valence-electron chi connectivity index (χ4n) is 2.29. The SMILES string of the molecule is CCN1C(c2c(F)cc(F)cc2F)=C(C)C=C(Cl)C1O. The van der Waals surface area contributed by atoms with E-state index in [4.69, 9.17) is 11.6 Å². The maximum absolute atomic E-state index is 13.9. The number of hydrogen-bond donors (Lipinski definition) is 1. The zero-order valence-electron chi connectivity index (χ0n) is 10.9. The molecule has 0 fully saturated rings. The van der Waals surface area contributed by atoms with Gasteiger partial charge in [0, 0.05) is 18.7 Å². The van der Waals surface area contributed by atoms with E-state index in [0.29, 0.717) is 17.7 Å². The minimum Gasteiger partial charge on any atom is -0.368 e. The third-order valence-corrected chi connectivity index (χ3v) is 3.45. The Morgan fingerprint density at radius 2 is 1.80 bits per heavy atom. The molecule has 1 atom stereocenters. The molecule has 1 aliphatic heterocycles. The second kappa shape index (κ2) is 5.50. The van der Waals surface area contributed by atoms with Gasteiger partial charge in [-0.15, -0.1) is 0 Å². The van der Waals surface area contributed by atoms with Gasteiger partial charge >= 0.3 is 0 Å². The summed E-state index contributed by atoms with van der Waals surface area (Å²) in [5.41, 5.74) is 0.288. The first-order chi connectivity index (χ1) is 9.36. The molecule has 0 amide bonds. The standard InChI is InChI=1S/C14H13ClF3NO/c1-3-19-13(7(2)4-9(15)14(19)20)12-10(17)5-8(16)6-11(12)18/h4-6,14,20H,3H2,1-2H3. The summed E-state index contributed by atoms with van der Waals surface area (Å²) in [7, 11) is 0. The Morgan fingerprint density at radius 1 is 1.25 bits per heavy atom. The van der Waals surface area contributed by atoms with Gasteiger partial charge in [0.15, 0.2) is 6.23 Å². The number of likely N-dealkylation sites (N-methyl/N-ethyl adjacent to an activating group) is 1. The summed E-state index contributed by atoms with van der Waals surface area (Å²) in [5.74, 6) is -3.03. The van der Waals surface area contributed by atoms with Crippen LogP contribution in [0.15, 0.2) is 28.8 Å². The van der Waals surface area contributed by atoms with Gasteiger partial charge < -0.3 is 10.0 Å². The summed E-state index contributed by atoms with van der Waals surface area (Å²) >= 11 is 5.88. The smallest absolute Gasteiger partial charge is 0.163 e. The molecule has 0 radical (unpaired) electrons. The lowest BCUT2D eigenvalue weighted by Gasteiger charge is -2.35. The maximum Gasteiger partial charge on any atom is 0.163 e. The van der Waals surface area contributed by atoms with E-state index in [-0.39, 0.29) is 22.8 Å². The van der Waals surface area contributed by atoms with Crippen LogP contribution in [0.4, 0.5) is 13.2 Å². The Morgan fingerprint density at radius 3 is 2.30 bits per heavy atom. The molecule has 0 spiro atoms. The number of allylic oxidation sites excluding steroid dienone is 2. The Bertz CT molecular complexity index is 589. The Labute approximate surface area is 119 Å². The van der Waals surface area contributed by atoms with Gasteiger partial charge in [-0.1, -0.05) is 11.6 Å². The summed E-state index contributed by atoms with van der Waals surface area (Å²) < 4.78 is 40.9. The van der Waals surface area contributed by atoms with E-state index < -0.39 is 23.7 Å². The zero-order chi connectivity index (χ0) is 15.0. The third-order valence-electron chi connectivity index (χ3n) is 3.14. The predicted octanol–water partition coefficient (Wildman–Crippen LogP) is 3.61. The predicted molar refractivity (Wildman–Crippen MR) is 71.2 cm³/mol. The molecule has 1 heterocycles. The van der Waals surface area contributed by atoms with Crippen LogP contribution in [0.3, 0.4) is 0 Å². The number of aliphatic hydroxyl groups is 1. The normalized spacial score (nSPS) is 19.4. The Balaban J connectivity index is 2.69. The van der Waals surface area contributed by atoms with E-state index in [1.807, 2.05) is 0 Å². The van der Waals surface area contributed by atoms with Gasteiger partial charge in [-0.3, -0.25) is 0 Å². The van der Waals surface area contributed by atoms with Gasteiger partial charge in [-0.2, -0.15) is 0 Å². The molecule has 1 aromatic carbocycles. The molecule has 1 N–H and O–H groups in total. The van der Waals surface area contributed by atoms with Crippen molar-refractivity contribution in [1.82, 2.24) is 4.90 Å². The monoisotopic (exact) mass is 303 g/mol. The molecular weight excluding hydrogens is 291 g/mol. The van der Waals surface area contributed by atoms with Crippen LogP contribution in [0.2, 0.25) is 0 Å². The topological polar surface area (TPSA) is 23.5 Å². The summed E-state index contributed by atoms with van der Waals surface area (Å²) in [6.45, 7) is 3.62. The molecule has 2 nitrogen and oxygen atoms in total. The number of halogens is 4. The van der Waals surface area contributed by atoms with Crippen molar-refractivity contribution >= 4 is 17.3 Å². The highest BCUT2D eigenvalue weighted by molar-refractivity contribution is 6.30. The number of benzene rings is 1. The molecular formula is C14H13ClF3NO. The van der Waals surface area contributed by atoms with Crippen molar-refractivity contribution in [3.05, 3.63) is 51.8 Å². The van der Waals surface area contributed by atoms with Gasteiger partial charge in [0.05, 0.1) is 16.3 Å². The van der Waals surface area contributed by atoms with E-state index >= 15 is 0 Å². The first kappa shape index (κ1) is 14.9. The molecule has 108 valence electrons. The zero-order valence-corrected chi connectivity index (χ0v) is 11.7. The number of aliphatic hydroxyl groups excluding tert-OH is 1. The highest BCUT2D eigenvalue weighted by Crippen LogP contribution is 2.35. The van der Waals surface area contributed by atoms with Crippen molar-refractivity contribution in [3.8, 4) is 0 Å². The molecule has 2 rings (SSSR count). The Hall–Kier alpha value is -1.46. The number of nitrogens with zero attached hydrogens (tertiary/aromatic N) is 1. The van der Waals surface area contributed by atoms with Crippen molar-refractivity contribution in [2.24, 2.45) is 0 Å². The Kier molecular flexibility index (Phi) is 4.11. The lowest BCUT2D eigenvalue weighted by molar-refractivity contribution is 0.0852. The van der Waals surface area contributed by atoms with Crippen LogP contribution in [0.25, 0.3) is 5.70 Å². The molecule has 1 aromatic rings. The van der Waals surface area contributed by atoms with E-state index in [0.717, 1.165) is 0 Å². The first-order valence-corrected chi connectivity index (χ1v) is 6.42. The summed E-state index contributed by atoms with van der Waals surface area (Å²) in [6, 6.07) is 1.22. The van der Waals surface area contributed by atoms with Crippen molar-refractivity contribution < 1.29 is 18.3 Å². The van der Waals surface area contributed by atoms with Gasteiger partial charge in [0.2, 0.25) is 0 Å². The number of hydrogen-bond acceptors (Lipinski definition) is 2. The van der Waals surface area contributed by atoms with Gasteiger partial charge in [-0.05, 0) is 25.5 Å². The molecule has 0 aliphatic carbocycles. The lowest BCUT2D eigenvalue weighted by atomic mass is 10.0. The van der Waals surface area contributed by atoms with Gasteiger partial charge in [-0.25, -0.2) is 13.2 Å². The van der Waals surface area contributed by atoms with E-state index in [1.165, 1.54) is 11.0 Å². The van der Waals surface area contributed by atoms with Crippen molar-refractivity contribution in [2.75, 3.05) is 6.54 Å². The highest BCUT2D eigenvalue weighted by Gasteiger charge is 2.30. The van der Waals surface area contributed by atoms with Crippen molar-refractivity contribution in [3.63, 3.8) is 0 Å². The minimum atomic E-state index is -1.18. The van der Waals surface area contributed by atoms with E-state index in [2.05, 4.69) is 0 Å². The fourth-order valence-corrected chi connectivity index (χ4v) is 2.57. The largest absolute Gasteiger partial charge is 0.368 e. The van der Waals surface area contributed by atoms with Crippen LogP contribution in [0, 0.1) is 17.5 Å². The molecule has 6 heteroatoms. The van der Waals surface area contributed by atoms with Crippen LogP contribution in [-0.4, -0.2) is 22.8 Å². The van der Waals surface area contributed by atoms with Crippen molar-refractivity contribution in [2.45, 2.75) is 20.1 Å². The summed E-state index contributed by atoms with van der Waals surface area (Å²) in [4.78, 5) is 1.36. The van der Waals surface area contributed by atoms with Crippen LogP contribution in [0.5, 0.6) is 0 Å². The van der Waals surface area contributed by atoms with Gasteiger partial charge in [0.25, 0.3) is 0 Å². The molecule has 1 aliphatic rings. The lowest BCUT2D eigenvalue weighted by Crippen LogP contribution is -2.37. The summed E-state index contributed by atoms with van der Waals surface area (Å²) in [5, 5.41) is 10.2. The quantitative estimate of drug-likeness (QED) is 0.902. The first-order valence-electron chi connectivity index (χ1n) is 6.04. The highest BCUT2D eigenvalue weighted by atomic mass is 35.5. The second-order valence-corrected chi connectivity index (χ2v) is 4.90.